The highest BCUT2D eigenvalue weighted by atomic mass is 32.1. The van der Waals surface area contributed by atoms with E-state index in [0.29, 0.717) is 16.3 Å². The molecule has 5 nitrogen and oxygen atoms in total. The van der Waals surface area contributed by atoms with Crippen LogP contribution >= 0.6 is 11.3 Å². The molecule has 2 aromatic rings. The van der Waals surface area contributed by atoms with Crippen LogP contribution in [-0.4, -0.2) is 25.1 Å². The summed E-state index contributed by atoms with van der Waals surface area (Å²) < 4.78 is 10.2. The minimum atomic E-state index is -0.884. The van der Waals surface area contributed by atoms with Gasteiger partial charge in [0.2, 0.25) is 0 Å². The van der Waals surface area contributed by atoms with Crippen LogP contribution in [0.3, 0.4) is 0 Å². The van der Waals surface area contributed by atoms with Gasteiger partial charge < -0.3 is 14.8 Å². The SMILES string of the molecule is COc1cccc(NC(=O)[C@H](C)OC(=O)c2cccs2)c1. The first-order valence-corrected chi connectivity index (χ1v) is 7.17. The fourth-order valence-electron chi connectivity index (χ4n) is 1.61. The van der Waals surface area contributed by atoms with Crippen molar-refractivity contribution in [3.63, 3.8) is 0 Å². The number of rotatable bonds is 5. The maximum atomic E-state index is 12.0. The molecule has 0 spiro atoms. The smallest absolute Gasteiger partial charge is 0.349 e. The van der Waals surface area contributed by atoms with E-state index in [1.165, 1.54) is 18.3 Å². The largest absolute Gasteiger partial charge is 0.497 e. The third-order valence-electron chi connectivity index (χ3n) is 2.71. The van der Waals surface area contributed by atoms with E-state index >= 15 is 0 Å². The molecule has 0 aliphatic rings. The van der Waals surface area contributed by atoms with Gasteiger partial charge in [-0.3, -0.25) is 4.79 Å². The van der Waals surface area contributed by atoms with Crippen LogP contribution in [-0.2, 0) is 9.53 Å². The summed E-state index contributed by atoms with van der Waals surface area (Å²) in [6, 6.07) is 10.4. The lowest BCUT2D eigenvalue weighted by Crippen LogP contribution is -2.29. The molecule has 0 aliphatic carbocycles. The molecule has 1 aromatic heterocycles. The molecular formula is C15H15NO4S. The van der Waals surface area contributed by atoms with Crippen LogP contribution in [0.1, 0.15) is 16.6 Å². The Morgan fingerprint density at radius 1 is 1.24 bits per heavy atom. The first kappa shape index (κ1) is 15.1. The number of hydrogen-bond donors (Lipinski definition) is 1. The van der Waals surface area contributed by atoms with E-state index in [1.54, 1.807) is 48.9 Å². The van der Waals surface area contributed by atoms with Gasteiger partial charge in [-0.1, -0.05) is 12.1 Å². The van der Waals surface area contributed by atoms with Crippen LogP contribution in [0.25, 0.3) is 0 Å². The Balaban J connectivity index is 1.94. The van der Waals surface area contributed by atoms with Gasteiger partial charge >= 0.3 is 5.97 Å². The van der Waals surface area contributed by atoms with Gasteiger partial charge in [0.15, 0.2) is 6.10 Å². The summed E-state index contributed by atoms with van der Waals surface area (Å²) in [4.78, 5) is 24.2. The lowest BCUT2D eigenvalue weighted by molar-refractivity contribution is -0.123. The quantitative estimate of drug-likeness (QED) is 0.863. The molecule has 0 radical (unpaired) electrons. The van der Waals surface area contributed by atoms with Crippen molar-refractivity contribution in [1.82, 2.24) is 0 Å². The van der Waals surface area contributed by atoms with Gasteiger partial charge in [0, 0.05) is 11.8 Å². The van der Waals surface area contributed by atoms with Gasteiger partial charge in [-0.15, -0.1) is 11.3 Å². The predicted molar refractivity (Wildman–Crippen MR) is 80.8 cm³/mol. The highest BCUT2D eigenvalue weighted by Crippen LogP contribution is 2.17. The lowest BCUT2D eigenvalue weighted by atomic mass is 10.3. The van der Waals surface area contributed by atoms with Crippen LogP contribution in [0.15, 0.2) is 41.8 Å². The lowest BCUT2D eigenvalue weighted by Gasteiger charge is -2.13. The second-order valence-corrected chi connectivity index (χ2v) is 5.19. The number of anilines is 1. The third kappa shape index (κ3) is 4.06. The Kier molecular flexibility index (Phi) is 4.94. The number of amides is 1. The Bertz CT molecular complexity index is 624. The van der Waals surface area contributed by atoms with E-state index < -0.39 is 18.0 Å². The van der Waals surface area contributed by atoms with Gasteiger partial charge in [-0.05, 0) is 30.5 Å². The van der Waals surface area contributed by atoms with Crippen LogP contribution in [0, 0.1) is 0 Å². The van der Waals surface area contributed by atoms with E-state index in [0.717, 1.165) is 0 Å². The van der Waals surface area contributed by atoms with Gasteiger partial charge in [0.05, 0.1) is 7.11 Å². The molecule has 6 heteroatoms. The Labute approximate surface area is 126 Å². The van der Waals surface area contributed by atoms with Crippen molar-refractivity contribution in [3.05, 3.63) is 46.7 Å². The van der Waals surface area contributed by atoms with E-state index in [9.17, 15) is 9.59 Å². The monoisotopic (exact) mass is 305 g/mol. The zero-order valence-electron chi connectivity index (χ0n) is 11.7. The minimum absolute atomic E-state index is 0.395. The molecule has 1 N–H and O–H groups in total. The van der Waals surface area contributed by atoms with Crippen LogP contribution in [0.2, 0.25) is 0 Å². The van der Waals surface area contributed by atoms with Crippen molar-refractivity contribution in [2.75, 3.05) is 12.4 Å². The molecule has 0 unspecified atom stereocenters. The van der Waals surface area contributed by atoms with Crippen molar-refractivity contribution in [2.24, 2.45) is 0 Å². The van der Waals surface area contributed by atoms with Crippen molar-refractivity contribution >= 4 is 28.9 Å². The van der Waals surface area contributed by atoms with E-state index in [2.05, 4.69) is 5.32 Å². The molecule has 2 rings (SSSR count). The van der Waals surface area contributed by atoms with Crippen LogP contribution in [0.5, 0.6) is 5.75 Å². The molecule has 1 atom stereocenters. The number of ether oxygens (including phenoxy) is 2. The first-order chi connectivity index (χ1) is 10.1. The first-order valence-electron chi connectivity index (χ1n) is 6.29. The Hall–Kier alpha value is -2.34. The average Bonchev–Trinajstić information content (AvgIpc) is 3.01. The second kappa shape index (κ2) is 6.90. The number of carbonyl (C=O) groups is 2. The number of benzene rings is 1. The number of nitrogens with one attached hydrogen (secondary N) is 1. The topological polar surface area (TPSA) is 64.6 Å². The Morgan fingerprint density at radius 2 is 2.05 bits per heavy atom. The zero-order valence-corrected chi connectivity index (χ0v) is 12.5. The summed E-state index contributed by atoms with van der Waals surface area (Å²) in [5, 5.41) is 4.45. The van der Waals surface area contributed by atoms with Gasteiger partial charge in [-0.25, -0.2) is 4.79 Å². The van der Waals surface area contributed by atoms with E-state index in [-0.39, 0.29) is 0 Å². The molecule has 1 aromatic carbocycles. The third-order valence-corrected chi connectivity index (χ3v) is 3.56. The van der Waals surface area contributed by atoms with Crippen LogP contribution < -0.4 is 10.1 Å². The molecule has 1 heterocycles. The summed E-state index contributed by atoms with van der Waals surface area (Å²) >= 11 is 1.27. The number of hydrogen-bond acceptors (Lipinski definition) is 5. The molecule has 0 saturated carbocycles. The molecule has 0 saturated heterocycles. The maximum Gasteiger partial charge on any atom is 0.349 e. The second-order valence-electron chi connectivity index (χ2n) is 4.25. The highest BCUT2D eigenvalue weighted by molar-refractivity contribution is 7.11. The zero-order chi connectivity index (χ0) is 15.2. The van der Waals surface area contributed by atoms with Gasteiger partial charge in [0.1, 0.15) is 10.6 Å². The predicted octanol–water partition coefficient (Wildman–Crippen LogP) is 2.94. The van der Waals surface area contributed by atoms with Gasteiger partial charge in [-0.2, -0.15) is 0 Å². The maximum absolute atomic E-state index is 12.0. The fraction of sp³-hybridized carbons (Fsp3) is 0.200. The molecule has 0 bridgehead atoms. The average molecular weight is 305 g/mol. The van der Waals surface area contributed by atoms with Crippen molar-refractivity contribution in [2.45, 2.75) is 13.0 Å². The molecule has 110 valence electrons. The molecule has 1 amide bonds. The number of thiophene rings is 1. The number of methoxy groups -OCH3 is 1. The Morgan fingerprint density at radius 3 is 2.71 bits per heavy atom. The summed E-state index contributed by atoms with van der Waals surface area (Å²) in [6.45, 7) is 1.53. The number of carbonyl (C=O) groups excluding carboxylic acids is 2. The van der Waals surface area contributed by atoms with Crippen molar-refractivity contribution < 1.29 is 19.1 Å². The molecule has 21 heavy (non-hydrogen) atoms. The van der Waals surface area contributed by atoms with E-state index in [4.69, 9.17) is 9.47 Å². The van der Waals surface area contributed by atoms with Gasteiger partial charge in [0.25, 0.3) is 5.91 Å². The summed E-state index contributed by atoms with van der Waals surface area (Å²) in [7, 11) is 1.55. The van der Waals surface area contributed by atoms with Crippen LogP contribution in [0.4, 0.5) is 5.69 Å². The summed E-state index contributed by atoms with van der Waals surface area (Å²) in [6.07, 6.45) is -0.884. The van der Waals surface area contributed by atoms with Crippen molar-refractivity contribution in [1.29, 1.82) is 0 Å². The summed E-state index contributed by atoms with van der Waals surface area (Å²) in [5.41, 5.74) is 0.582. The summed E-state index contributed by atoms with van der Waals surface area (Å²) in [5.74, 6) is -0.262. The normalized spacial score (nSPS) is 11.5. The highest BCUT2D eigenvalue weighted by Gasteiger charge is 2.19. The molecule has 0 aliphatic heterocycles. The molecule has 0 fully saturated rings. The fourth-order valence-corrected chi connectivity index (χ4v) is 2.22. The van der Waals surface area contributed by atoms with Crippen molar-refractivity contribution in [3.8, 4) is 5.75 Å². The standard InChI is InChI=1S/C15H15NO4S/c1-10(20-15(18)13-7-4-8-21-13)14(17)16-11-5-3-6-12(9-11)19-2/h3-10H,1-2H3,(H,16,17)/t10-/m0/s1. The minimum Gasteiger partial charge on any atom is -0.497 e. The number of esters is 1. The van der Waals surface area contributed by atoms with E-state index in [1.807, 2.05) is 0 Å². The molecular weight excluding hydrogens is 290 g/mol.